The zero-order chi connectivity index (χ0) is 17.0. The number of rotatable bonds is 6. The third-order valence-electron chi connectivity index (χ3n) is 3.79. The van der Waals surface area contributed by atoms with Gasteiger partial charge in [-0.05, 0) is 30.5 Å². The summed E-state index contributed by atoms with van der Waals surface area (Å²) in [4.78, 5) is 26.3. The summed E-state index contributed by atoms with van der Waals surface area (Å²) in [6.45, 7) is 6.49. The van der Waals surface area contributed by atoms with E-state index >= 15 is 0 Å². The van der Waals surface area contributed by atoms with Crippen molar-refractivity contribution >= 4 is 23.6 Å². The number of amides is 2. The molecule has 1 aromatic rings. The summed E-state index contributed by atoms with van der Waals surface area (Å²) in [5.74, 6) is 1.46. The van der Waals surface area contributed by atoms with Gasteiger partial charge in [0.2, 0.25) is 11.8 Å². The molecule has 23 heavy (non-hydrogen) atoms. The van der Waals surface area contributed by atoms with E-state index in [2.05, 4.69) is 5.32 Å². The Morgan fingerprint density at radius 1 is 1.35 bits per heavy atom. The lowest BCUT2D eigenvalue weighted by Gasteiger charge is -2.29. The standard InChI is InChI=1S/C17H24N2O3S/c1-11(2)9-18-16(21)12(3)19-15(20)10-23-17(19)13-5-7-14(22-4)8-6-13/h5-8,11-12,17H,9-10H2,1-4H3,(H,18,21)/t12-,17-/m1/s1. The molecule has 1 aliphatic rings. The Kier molecular flexibility index (Phi) is 5.93. The van der Waals surface area contributed by atoms with E-state index in [1.165, 1.54) is 0 Å². The normalized spacial score (nSPS) is 19.1. The average molecular weight is 336 g/mol. The number of carbonyl (C=O) groups is 2. The molecule has 2 rings (SSSR count). The molecule has 6 heteroatoms. The smallest absolute Gasteiger partial charge is 0.242 e. The Morgan fingerprint density at radius 2 is 2.00 bits per heavy atom. The summed E-state index contributed by atoms with van der Waals surface area (Å²) in [5.41, 5.74) is 1.00. The highest BCUT2D eigenvalue weighted by atomic mass is 32.2. The number of nitrogens with one attached hydrogen (secondary N) is 1. The summed E-state index contributed by atoms with van der Waals surface area (Å²) in [5, 5.41) is 2.78. The van der Waals surface area contributed by atoms with Gasteiger partial charge in [0.15, 0.2) is 0 Å². The zero-order valence-corrected chi connectivity index (χ0v) is 14.9. The molecule has 0 aromatic heterocycles. The van der Waals surface area contributed by atoms with E-state index in [1.807, 2.05) is 38.1 Å². The summed E-state index contributed by atoms with van der Waals surface area (Å²) in [6.07, 6.45) is 0. The fourth-order valence-electron chi connectivity index (χ4n) is 2.46. The van der Waals surface area contributed by atoms with Gasteiger partial charge in [0.1, 0.15) is 17.2 Å². The van der Waals surface area contributed by atoms with Crippen molar-refractivity contribution in [1.29, 1.82) is 0 Å². The molecular weight excluding hydrogens is 312 g/mol. The minimum Gasteiger partial charge on any atom is -0.497 e. The number of nitrogens with zero attached hydrogens (tertiary/aromatic N) is 1. The van der Waals surface area contributed by atoms with Crippen LogP contribution in [0.4, 0.5) is 0 Å². The van der Waals surface area contributed by atoms with Crippen molar-refractivity contribution in [2.45, 2.75) is 32.2 Å². The molecule has 1 N–H and O–H groups in total. The van der Waals surface area contributed by atoms with Crippen LogP contribution in [0.1, 0.15) is 31.7 Å². The summed E-state index contributed by atoms with van der Waals surface area (Å²) in [7, 11) is 1.62. The Hall–Kier alpha value is -1.69. The lowest BCUT2D eigenvalue weighted by Crippen LogP contribution is -2.47. The molecule has 2 atom stereocenters. The van der Waals surface area contributed by atoms with Crippen molar-refractivity contribution < 1.29 is 14.3 Å². The number of methoxy groups -OCH3 is 1. The molecule has 1 fully saturated rings. The van der Waals surface area contributed by atoms with E-state index in [-0.39, 0.29) is 17.2 Å². The third-order valence-corrected chi connectivity index (χ3v) is 5.02. The SMILES string of the molecule is COc1ccc([C@H]2SCC(=O)N2[C@H](C)C(=O)NCC(C)C)cc1. The van der Waals surface area contributed by atoms with Crippen LogP contribution in [-0.2, 0) is 9.59 Å². The molecular formula is C17H24N2O3S. The Labute approximate surface area is 141 Å². The second kappa shape index (κ2) is 7.73. The van der Waals surface area contributed by atoms with E-state index in [1.54, 1.807) is 30.7 Å². The first-order valence-electron chi connectivity index (χ1n) is 7.78. The van der Waals surface area contributed by atoms with Crippen molar-refractivity contribution in [3.05, 3.63) is 29.8 Å². The van der Waals surface area contributed by atoms with Gasteiger partial charge in [-0.1, -0.05) is 26.0 Å². The molecule has 1 aliphatic heterocycles. The van der Waals surface area contributed by atoms with Crippen LogP contribution in [0.2, 0.25) is 0 Å². The first kappa shape index (κ1) is 17.7. The molecule has 5 nitrogen and oxygen atoms in total. The van der Waals surface area contributed by atoms with Crippen LogP contribution in [0, 0.1) is 5.92 Å². The van der Waals surface area contributed by atoms with Crippen LogP contribution in [0.25, 0.3) is 0 Å². The molecule has 1 aromatic carbocycles. The van der Waals surface area contributed by atoms with E-state index in [0.29, 0.717) is 18.2 Å². The maximum Gasteiger partial charge on any atom is 0.242 e. The van der Waals surface area contributed by atoms with Gasteiger partial charge in [-0.25, -0.2) is 0 Å². The summed E-state index contributed by atoms with van der Waals surface area (Å²) < 4.78 is 5.17. The highest BCUT2D eigenvalue weighted by molar-refractivity contribution is 8.00. The fraction of sp³-hybridized carbons (Fsp3) is 0.529. The largest absolute Gasteiger partial charge is 0.497 e. The second-order valence-corrected chi connectivity index (χ2v) is 7.12. The minimum atomic E-state index is -0.483. The minimum absolute atomic E-state index is 0.00279. The van der Waals surface area contributed by atoms with Crippen LogP contribution >= 0.6 is 11.8 Å². The van der Waals surface area contributed by atoms with Crippen molar-refractivity contribution in [3.8, 4) is 5.75 Å². The number of hydrogen-bond donors (Lipinski definition) is 1. The maximum atomic E-state index is 12.3. The van der Waals surface area contributed by atoms with Crippen molar-refractivity contribution in [1.82, 2.24) is 10.2 Å². The van der Waals surface area contributed by atoms with E-state index < -0.39 is 6.04 Å². The first-order chi connectivity index (χ1) is 10.9. The molecule has 0 aliphatic carbocycles. The molecule has 0 spiro atoms. The molecule has 1 saturated heterocycles. The topological polar surface area (TPSA) is 58.6 Å². The van der Waals surface area contributed by atoms with Gasteiger partial charge in [0.05, 0.1) is 12.9 Å². The number of ether oxygens (including phenoxy) is 1. The van der Waals surface area contributed by atoms with E-state index in [9.17, 15) is 9.59 Å². The van der Waals surface area contributed by atoms with Gasteiger partial charge in [0, 0.05) is 6.54 Å². The van der Waals surface area contributed by atoms with Crippen LogP contribution in [0.3, 0.4) is 0 Å². The van der Waals surface area contributed by atoms with Crippen LogP contribution in [-0.4, -0.2) is 42.2 Å². The number of hydrogen-bond acceptors (Lipinski definition) is 4. The Balaban J connectivity index is 2.13. The third kappa shape index (κ3) is 4.19. The molecule has 0 radical (unpaired) electrons. The predicted octanol–water partition coefficient (Wildman–Crippen LogP) is 2.43. The number of benzene rings is 1. The van der Waals surface area contributed by atoms with E-state index in [4.69, 9.17) is 4.74 Å². The van der Waals surface area contributed by atoms with Crippen molar-refractivity contribution in [3.63, 3.8) is 0 Å². The quantitative estimate of drug-likeness (QED) is 0.867. The Morgan fingerprint density at radius 3 is 2.57 bits per heavy atom. The fourth-order valence-corrected chi connectivity index (χ4v) is 3.72. The van der Waals surface area contributed by atoms with Crippen LogP contribution < -0.4 is 10.1 Å². The van der Waals surface area contributed by atoms with E-state index in [0.717, 1.165) is 11.3 Å². The molecule has 2 amide bonds. The van der Waals surface area contributed by atoms with Crippen molar-refractivity contribution in [2.24, 2.45) is 5.92 Å². The van der Waals surface area contributed by atoms with Gasteiger partial charge >= 0.3 is 0 Å². The molecule has 0 unspecified atom stereocenters. The summed E-state index contributed by atoms with van der Waals surface area (Å²) >= 11 is 1.55. The highest BCUT2D eigenvalue weighted by Gasteiger charge is 2.38. The molecule has 0 saturated carbocycles. The Bertz CT molecular complexity index is 559. The number of carbonyl (C=O) groups excluding carboxylic acids is 2. The van der Waals surface area contributed by atoms with Gasteiger partial charge < -0.3 is 15.0 Å². The monoisotopic (exact) mass is 336 g/mol. The van der Waals surface area contributed by atoms with Crippen molar-refractivity contribution in [2.75, 3.05) is 19.4 Å². The predicted molar refractivity (Wildman–Crippen MR) is 92.3 cm³/mol. The molecule has 1 heterocycles. The second-order valence-electron chi connectivity index (χ2n) is 6.05. The maximum absolute atomic E-state index is 12.3. The van der Waals surface area contributed by atoms with Gasteiger partial charge in [-0.2, -0.15) is 0 Å². The van der Waals surface area contributed by atoms with Gasteiger partial charge in [-0.15, -0.1) is 11.8 Å². The first-order valence-corrected chi connectivity index (χ1v) is 8.83. The highest BCUT2D eigenvalue weighted by Crippen LogP contribution is 2.40. The average Bonchev–Trinajstić information content (AvgIpc) is 2.93. The summed E-state index contributed by atoms with van der Waals surface area (Å²) in [6, 6.07) is 7.16. The molecule has 126 valence electrons. The molecule has 0 bridgehead atoms. The number of thioether (sulfide) groups is 1. The van der Waals surface area contributed by atoms with Gasteiger partial charge in [-0.3, -0.25) is 9.59 Å². The zero-order valence-electron chi connectivity index (χ0n) is 14.0. The lowest BCUT2D eigenvalue weighted by atomic mass is 10.1. The lowest BCUT2D eigenvalue weighted by molar-refractivity contribution is -0.137. The van der Waals surface area contributed by atoms with Crippen LogP contribution in [0.5, 0.6) is 5.75 Å². The van der Waals surface area contributed by atoms with Crippen LogP contribution in [0.15, 0.2) is 24.3 Å². The van der Waals surface area contributed by atoms with Gasteiger partial charge in [0.25, 0.3) is 0 Å².